The molecule has 1 atom stereocenters. The molecule has 0 aliphatic heterocycles. The molecule has 5 nitrogen and oxygen atoms in total. The van der Waals surface area contributed by atoms with E-state index in [1.807, 2.05) is 6.07 Å². The molecule has 1 aromatic carbocycles. The Bertz CT molecular complexity index is 786. The first-order valence-corrected chi connectivity index (χ1v) is 7.86. The van der Waals surface area contributed by atoms with Crippen LogP contribution in [0.25, 0.3) is 10.9 Å². The maximum Gasteiger partial charge on any atom is 0.242 e. The summed E-state index contributed by atoms with van der Waals surface area (Å²) in [5.41, 5.74) is 0.621. The van der Waals surface area contributed by atoms with Crippen LogP contribution >= 0.6 is 0 Å². The van der Waals surface area contributed by atoms with E-state index in [2.05, 4.69) is 9.71 Å². The van der Waals surface area contributed by atoms with Crippen LogP contribution in [0.2, 0.25) is 0 Å². The lowest BCUT2D eigenvalue weighted by Crippen LogP contribution is -2.35. The van der Waals surface area contributed by atoms with Crippen molar-refractivity contribution in [3.8, 4) is 6.07 Å². The van der Waals surface area contributed by atoms with Crippen molar-refractivity contribution in [3.63, 3.8) is 0 Å². The quantitative estimate of drug-likeness (QED) is 0.929. The molecule has 0 radical (unpaired) electrons. The highest BCUT2D eigenvalue weighted by molar-refractivity contribution is 7.89. The summed E-state index contributed by atoms with van der Waals surface area (Å²) in [5, 5.41) is 9.64. The third-order valence-electron chi connectivity index (χ3n) is 3.41. The van der Waals surface area contributed by atoms with E-state index in [1.54, 1.807) is 30.5 Å². The monoisotopic (exact) mass is 287 g/mol. The molecule has 1 aliphatic carbocycles. The number of hydrogen-bond donors (Lipinski definition) is 1. The van der Waals surface area contributed by atoms with Gasteiger partial charge in [0.1, 0.15) is 6.04 Å². The van der Waals surface area contributed by atoms with Crippen LogP contribution in [0.15, 0.2) is 41.4 Å². The maximum atomic E-state index is 12.5. The molecular formula is C14H13N3O2S. The second-order valence-electron chi connectivity index (χ2n) is 4.89. The predicted molar refractivity (Wildman–Crippen MR) is 74.2 cm³/mol. The molecule has 1 aliphatic rings. The molecule has 0 spiro atoms. The molecule has 1 heterocycles. The minimum Gasteiger partial charge on any atom is -0.256 e. The zero-order valence-electron chi connectivity index (χ0n) is 10.7. The van der Waals surface area contributed by atoms with E-state index in [-0.39, 0.29) is 10.8 Å². The topological polar surface area (TPSA) is 82.9 Å². The molecule has 0 bridgehead atoms. The average Bonchev–Trinajstić information content (AvgIpc) is 3.29. The van der Waals surface area contributed by atoms with Gasteiger partial charge >= 0.3 is 0 Å². The van der Waals surface area contributed by atoms with Crippen molar-refractivity contribution < 1.29 is 8.42 Å². The lowest BCUT2D eigenvalue weighted by molar-refractivity contribution is 0.561. The first kappa shape index (κ1) is 13.0. The van der Waals surface area contributed by atoms with Gasteiger partial charge < -0.3 is 0 Å². The minimum absolute atomic E-state index is 0.142. The molecule has 20 heavy (non-hydrogen) atoms. The Morgan fingerprint density at radius 3 is 2.80 bits per heavy atom. The Hall–Kier alpha value is -1.97. The van der Waals surface area contributed by atoms with Crippen LogP contribution in [0.3, 0.4) is 0 Å². The number of aromatic nitrogens is 1. The molecule has 1 N–H and O–H groups in total. The molecule has 0 amide bonds. The molecule has 2 aromatic rings. The Kier molecular flexibility index (Phi) is 3.16. The third-order valence-corrected chi connectivity index (χ3v) is 4.91. The Balaban J connectivity index is 2.03. The zero-order chi connectivity index (χ0) is 14.2. The van der Waals surface area contributed by atoms with Gasteiger partial charge in [0.2, 0.25) is 10.0 Å². The van der Waals surface area contributed by atoms with Crippen molar-refractivity contribution >= 4 is 20.9 Å². The number of fused-ring (bicyclic) bond motifs is 1. The normalized spacial score (nSPS) is 16.8. The third kappa shape index (κ3) is 2.38. The average molecular weight is 287 g/mol. The maximum absolute atomic E-state index is 12.5. The number of benzene rings is 1. The van der Waals surface area contributed by atoms with Gasteiger partial charge in [0.25, 0.3) is 0 Å². The number of nitriles is 1. The van der Waals surface area contributed by atoms with Crippen molar-refractivity contribution in [2.75, 3.05) is 0 Å². The van der Waals surface area contributed by atoms with Gasteiger partial charge in [-0.3, -0.25) is 4.98 Å². The summed E-state index contributed by atoms with van der Waals surface area (Å²) < 4.78 is 27.4. The number of rotatable bonds is 4. The number of nitrogens with one attached hydrogen (secondary N) is 1. The van der Waals surface area contributed by atoms with Crippen LogP contribution in [0.1, 0.15) is 12.8 Å². The van der Waals surface area contributed by atoms with E-state index in [0.717, 1.165) is 12.8 Å². The van der Waals surface area contributed by atoms with Crippen LogP contribution in [0.4, 0.5) is 0 Å². The van der Waals surface area contributed by atoms with Gasteiger partial charge in [-0.25, -0.2) is 8.42 Å². The number of sulfonamides is 1. The van der Waals surface area contributed by atoms with Crippen molar-refractivity contribution in [2.24, 2.45) is 5.92 Å². The van der Waals surface area contributed by atoms with Crippen molar-refractivity contribution in [2.45, 2.75) is 23.8 Å². The van der Waals surface area contributed by atoms with Crippen molar-refractivity contribution in [1.82, 2.24) is 9.71 Å². The highest BCUT2D eigenvalue weighted by Crippen LogP contribution is 2.33. The van der Waals surface area contributed by atoms with Gasteiger partial charge in [-0.1, -0.05) is 6.07 Å². The summed E-state index contributed by atoms with van der Waals surface area (Å²) in [5.74, 6) is 0.142. The van der Waals surface area contributed by atoms with Gasteiger partial charge in [0.15, 0.2) is 0 Å². The number of hydrogen-bond acceptors (Lipinski definition) is 4. The smallest absolute Gasteiger partial charge is 0.242 e. The van der Waals surface area contributed by atoms with Crippen LogP contribution < -0.4 is 4.72 Å². The molecule has 1 aromatic heterocycles. The van der Waals surface area contributed by atoms with Gasteiger partial charge in [0.05, 0.1) is 16.5 Å². The van der Waals surface area contributed by atoms with E-state index in [0.29, 0.717) is 10.9 Å². The lowest BCUT2D eigenvalue weighted by Gasteiger charge is -2.12. The van der Waals surface area contributed by atoms with Gasteiger partial charge in [-0.2, -0.15) is 9.98 Å². The van der Waals surface area contributed by atoms with Crippen LogP contribution in [-0.2, 0) is 10.0 Å². The molecule has 1 unspecified atom stereocenters. The molecule has 0 saturated heterocycles. The summed E-state index contributed by atoms with van der Waals surface area (Å²) >= 11 is 0. The lowest BCUT2D eigenvalue weighted by atomic mass is 10.2. The highest BCUT2D eigenvalue weighted by atomic mass is 32.2. The Morgan fingerprint density at radius 1 is 1.30 bits per heavy atom. The van der Waals surface area contributed by atoms with Crippen LogP contribution in [-0.4, -0.2) is 19.4 Å². The second kappa shape index (κ2) is 4.85. The van der Waals surface area contributed by atoms with Crippen LogP contribution in [0, 0.1) is 17.2 Å². The summed E-state index contributed by atoms with van der Waals surface area (Å²) in [6, 6.07) is 9.75. The standard InChI is InChI=1S/C14H13N3O2S/c15-9-13(10-6-7-10)17-20(18,19)14-5-1-4-12-11(14)3-2-8-16-12/h1-5,8,10,13,17H,6-7H2. The van der Waals surface area contributed by atoms with Crippen LogP contribution in [0.5, 0.6) is 0 Å². The fourth-order valence-electron chi connectivity index (χ4n) is 2.20. The van der Waals surface area contributed by atoms with Crippen molar-refractivity contribution in [1.29, 1.82) is 5.26 Å². The predicted octanol–water partition coefficient (Wildman–Crippen LogP) is 1.82. The van der Waals surface area contributed by atoms with E-state index >= 15 is 0 Å². The highest BCUT2D eigenvalue weighted by Gasteiger charge is 2.34. The molecule has 1 saturated carbocycles. The van der Waals surface area contributed by atoms with Gasteiger partial charge in [0, 0.05) is 11.6 Å². The summed E-state index contributed by atoms with van der Waals surface area (Å²) in [7, 11) is -3.72. The Morgan fingerprint density at radius 2 is 2.10 bits per heavy atom. The second-order valence-corrected chi connectivity index (χ2v) is 6.57. The zero-order valence-corrected chi connectivity index (χ0v) is 11.5. The minimum atomic E-state index is -3.72. The fraction of sp³-hybridized carbons (Fsp3) is 0.286. The van der Waals surface area contributed by atoms with E-state index in [4.69, 9.17) is 5.26 Å². The summed E-state index contributed by atoms with van der Waals surface area (Å²) in [6.45, 7) is 0. The summed E-state index contributed by atoms with van der Waals surface area (Å²) in [6.07, 6.45) is 3.42. The van der Waals surface area contributed by atoms with E-state index in [1.165, 1.54) is 6.07 Å². The SMILES string of the molecule is N#CC(NS(=O)(=O)c1cccc2ncccc12)C1CC1. The Labute approximate surface area is 117 Å². The van der Waals surface area contributed by atoms with Crippen molar-refractivity contribution in [3.05, 3.63) is 36.5 Å². The molecule has 3 rings (SSSR count). The molecular weight excluding hydrogens is 274 g/mol. The molecule has 1 fully saturated rings. The first-order valence-electron chi connectivity index (χ1n) is 6.37. The summed E-state index contributed by atoms with van der Waals surface area (Å²) in [4.78, 5) is 4.32. The van der Waals surface area contributed by atoms with Gasteiger partial charge in [-0.15, -0.1) is 0 Å². The van der Waals surface area contributed by atoms with Gasteiger partial charge in [-0.05, 0) is 43.0 Å². The number of nitrogens with zero attached hydrogens (tertiary/aromatic N) is 2. The van der Waals surface area contributed by atoms with E-state index < -0.39 is 16.1 Å². The fourth-order valence-corrected chi connectivity index (χ4v) is 3.62. The largest absolute Gasteiger partial charge is 0.256 e. The van der Waals surface area contributed by atoms with E-state index in [9.17, 15) is 8.42 Å². The first-order chi connectivity index (χ1) is 9.62. The molecule has 6 heteroatoms. The molecule has 102 valence electrons. The number of pyridine rings is 1.